The molecule has 1 aromatic heterocycles. The van der Waals surface area contributed by atoms with Crippen molar-refractivity contribution in [3.8, 4) is 0 Å². The Labute approximate surface area is 224 Å². The van der Waals surface area contributed by atoms with Gasteiger partial charge in [0.15, 0.2) is 0 Å². The molecule has 1 aliphatic heterocycles. The molecule has 182 valence electrons. The van der Waals surface area contributed by atoms with Gasteiger partial charge in [-0.15, -0.1) is 0 Å². The zero-order chi connectivity index (χ0) is 24.9. The van der Waals surface area contributed by atoms with Gasteiger partial charge < -0.3 is 14.6 Å². The molecule has 7 nitrogen and oxygen atoms in total. The first-order valence-electron chi connectivity index (χ1n) is 10.9. The van der Waals surface area contributed by atoms with Crippen LogP contribution in [0.2, 0.25) is 0 Å². The molecule has 1 aliphatic rings. The highest BCUT2D eigenvalue weighted by Gasteiger charge is 2.35. The number of carbonyl (C=O) groups is 3. The Hall–Kier alpha value is -2.40. The highest BCUT2D eigenvalue weighted by atomic mass is 79.9. The number of benzene rings is 2. The monoisotopic (exact) mass is 619 g/mol. The fourth-order valence-corrected chi connectivity index (χ4v) is 5.20. The SMILES string of the molecule is COCCCNC(=O)Cn1cc(/C=C2\SC(=O)N(Cc3ccc(Br)cc3)C2=O)c2cc(Br)ccc21. The molecule has 1 fully saturated rings. The fraction of sp³-hybridized carbons (Fsp3) is 0.240. The lowest BCUT2D eigenvalue weighted by molar-refractivity contribution is -0.123. The maximum atomic E-state index is 13.1. The molecule has 0 radical (unpaired) electrons. The van der Waals surface area contributed by atoms with Crippen molar-refractivity contribution in [1.82, 2.24) is 14.8 Å². The zero-order valence-electron chi connectivity index (χ0n) is 18.9. The molecular formula is C25H23Br2N3O4S. The number of ether oxygens (including phenoxy) is 1. The minimum Gasteiger partial charge on any atom is -0.385 e. The largest absolute Gasteiger partial charge is 0.385 e. The normalized spacial score (nSPS) is 14.9. The summed E-state index contributed by atoms with van der Waals surface area (Å²) in [6.45, 7) is 1.48. The van der Waals surface area contributed by atoms with E-state index in [9.17, 15) is 14.4 Å². The Kier molecular flexibility index (Phi) is 8.48. The van der Waals surface area contributed by atoms with Gasteiger partial charge in [-0.3, -0.25) is 19.3 Å². The van der Waals surface area contributed by atoms with E-state index in [4.69, 9.17) is 4.74 Å². The summed E-state index contributed by atoms with van der Waals surface area (Å²) in [6, 6.07) is 13.3. The molecule has 0 saturated carbocycles. The van der Waals surface area contributed by atoms with Gasteiger partial charge in [-0.25, -0.2) is 0 Å². The first-order valence-corrected chi connectivity index (χ1v) is 13.3. The zero-order valence-corrected chi connectivity index (χ0v) is 22.9. The van der Waals surface area contributed by atoms with Gasteiger partial charge in [0.1, 0.15) is 6.54 Å². The number of nitrogens with one attached hydrogen (secondary N) is 1. The van der Waals surface area contributed by atoms with Gasteiger partial charge in [0.25, 0.3) is 11.1 Å². The number of fused-ring (bicyclic) bond motifs is 1. The van der Waals surface area contributed by atoms with E-state index in [1.165, 1.54) is 4.90 Å². The molecule has 10 heteroatoms. The Morgan fingerprint density at radius 1 is 1.11 bits per heavy atom. The first-order chi connectivity index (χ1) is 16.9. The summed E-state index contributed by atoms with van der Waals surface area (Å²) in [7, 11) is 1.63. The first kappa shape index (κ1) is 25.7. The lowest BCUT2D eigenvalue weighted by atomic mass is 10.1. The maximum Gasteiger partial charge on any atom is 0.293 e. The number of carbonyl (C=O) groups excluding carboxylic acids is 3. The van der Waals surface area contributed by atoms with Crippen molar-refractivity contribution < 1.29 is 19.1 Å². The molecule has 4 rings (SSSR count). The van der Waals surface area contributed by atoms with Crippen LogP contribution in [-0.2, 0) is 27.4 Å². The third-order valence-corrected chi connectivity index (χ3v) is 7.38. The van der Waals surface area contributed by atoms with E-state index in [0.717, 1.165) is 49.2 Å². The number of imide groups is 1. The number of nitrogens with zero attached hydrogens (tertiary/aromatic N) is 2. The summed E-state index contributed by atoms with van der Waals surface area (Å²) in [6.07, 6.45) is 4.31. The topological polar surface area (TPSA) is 80.6 Å². The summed E-state index contributed by atoms with van der Waals surface area (Å²) in [4.78, 5) is 39.8. The van der Waals surface area contributed by atoms with Crippen molar-refractivity contribution in [2.24, 2.45) is 0 Å². The molecule has 1 N–H and O–H groups in total. The van der Waals surface area contributed by atoms with Crippen molar-refractivity contribution in [3.63, 3.8) is 0 Å². The van der Waals surface area contributed by atoms with Crippen molar-refractivity contribution in [1.29, 1.82) is 0 Å². The number of hydrogen-bond acceptors (Lipinski definition) is 5. The van der Waals surface area contributed by atoms with E-state index in [1.807, 2.05) is 53.2 Å². The van der Waals surface area contributed by atoms with Crippen LogP contribution in [0.4, 0.5) is 4.79 Å². The second-order valence-electron chi connectivity index (χ2n) is 7.96. The molecule has 35 heavy (non-hydrogen) atoms. The van der Waals surface area contributed by atoms with Gasteiger partial charge in [0, 0.05) is 51.9 Å². The van der Waals surface area contributed by atoms with E-state index in [1.54, 1.807) is 13.2 Å². The molecule has 0 bridgehead atoms. The van der Waals surface area contributed by atoms with Crippen LogP contribution in [0.3, 0.4) is 0 Å². The number of halogens is 2. The average molecular weight is 621 g/mol. The molecule has 3 amide bonds. The van der Waals surface area contributed by atoms with Crippen LogP contribution < -0.4 is 5.32 Å². The van der Waals surface area contributed by atoms with E-state index in [2.05, 4.69) is 37.2 Å². The second kappa shape index (κ2) is 11.6. The molecule has 3 aromatic rings. The van der Waals surface area contributed by atoms with Gasteiger partial charge >= 0.3 is 0 Å². The summed E-state index contributed by atoms with van der Waals surface area (Å²) >= 11 is 7.82. The lowest BCUT2D eigenvalue weighted by Crippen LogP contribution is -2.28. The van der Waals surface area contributed by atoms with Gasteiger partial charge in [-0.2, -0.15) is 0 Å². The molecule has 0 aliphatic carbocycles. The molecule has 0 atom stereocenters. The van der Waals surface area contributed by atoms with Crippen LogP contribution in [0.1, 0.15) is 17.5 Å². The smallest absolute Gasteiger partial charge is 0.293 e. The van der Waals surface area contributed by atoms with Crippen LogP contribution in [0.15, 0.2) is 62.5 Å². The van der Waals surface area contributed by atoms with Gasteiger partial charge in [-0.1, -0.05) is 44.0 Å². The van der Waals surface area contributed by atoms with E-state index in [0.29, 0.717) is 18.1 Å². The van der Waals surface area contributed by atoms with Gasteiger partial charge in [0.2, 0.25) is 5.91 Å². The van der Waals surface area contributed by atoms with E-state index in [-0.39, 0.29) is 30.1 Å². The minimum atomic E-state index is -0.324. The highest BCUT2D eigenvalue weighted by Crippen LogP contribution is 2.35. The molecule has 2 heterocycles. The number of methoxy groups -OCH3 is 1. The van der Waals surface area contributed by atoms with Crippen LogP contribution in [-0.4, -0.2) is 46.8 Å². The van der Waals surface area contributed by atoms with Crippen molar-refractivity contribution in [2.75, 3.05) is 20.3 Å². The summed E-state index contributed by atoms with van der Waals surface area (Å²) in [5.74, 6) is -0.433. The predicted molar refractivity (Wildman–Crippen MR) is 145 cm³/mol. The third-order valence-electron chi connectivity index (χ3n) is 5.45. The average Bonchev–Trinajstić information content (AvgIpc) is 3.29. The fourth-order valence-electron chi connectivity index (χ4n) is 3.75. The number of rotatable bonds is 9. The molecular weight excluding hydrogens is 598 g/mol. The van der Waals surface area contributed by atoms with Crippen molar-refractivity contribution in [3.05, 3.63) is 73.6 Å². The number of aromatic nitrogens is 1. The molecule has 2 aromatic carbocycles. The van der Waals surface area contributed by atoms with Gasteiger partial charge in [-0.05, 0) is 60.2 Å². The molecule has 1 saturated heterocycles. The van der Waals surface area contributed by atoms with Gasteiger partial charge in [0.05, 0.1) is 11.4 Å². The van der Waals surface area contributed by atoms with Crippen LogP contribution >= 0.6 is 43.6 Å². The molecule has 0 unspecified atom stereocenters. The second-order valence-corrected chi connectivity index (χ2v) is 10.8. The summed E-state index contributed by atoms with van der Waals surface area (Å²) in [5.41, 5.74) is 2.50. The van der Waals surface area contributed by atoms with E-state index >= 15 is 0 Å². The van der Waals surface area contributed by atoms with E-state index < -0.39 is 0 Å². The van der Waals surface area contributed by atoms with Crippen molar-refractivity contribution >= 4 is 77.7 Å². The predicted octanol–water partition coefficient (Wildman–Crippen LogP) is 5.56. The number of hydrogen-bond donors (Lipinski definition) is 1. The Morgan fingerprint density at radius 3 is 2.60 bits per heavy atom. The highest BCUT2D eigenvalue weighted by molar-refractivity contribution is 9.10. The number of amides is 3. The minimum absolute atomic E-state index is 0.109. The standard InChI is InChI=1S/C25H23Br2N3O4S/c1-34-10-2-9-28-23(31)15-29-14-17(20-12-19(27)7-8-21(20)29)11-22-24(32)30(25(33)35-22)13-16-3-5-18(26)6-4-16/h3-8,11-12,14H,2,9-10,13,15H2,1H3,(H,28,31)/b22-11-. The van der Waals surface area contributed by atoms with Crippen LogP contribution in [0, 0.1) is 0 Å². The summed E-state index contributed by atoms with van der Waals surface area (Å²) < 4.78 is 8.68. The van der Waals surface area contributed by atoms with Crippen molar-refractivity contribution in [2.45, 2.75) is 19.5 Å². The number of thioether (sulfide) groups is 1. The Balaban J connectivity index is 1.57. The van der Waals surface area contributed by atoms with Crippen LogP contribution in [0.25, 0.3) is 17.0 Å². The maximum absolute atomic E-state index is 13.1. The Bertz CT molecular complexity index is 1300. The Morgan fingerprint density at radius 2 is 1.86 bits per heavy atom. The van der Waals surface area contributed by atoms with Crippen LogP contribution in [0.5, 0.6) is 0 Å². The summed E-state index contributed by atoms with van der Waals surface area (Å²) in [5, 5.41) is 3.47. The third kappa shape index (κ3) is 6.24. The molecule has 0 spiro atoms. The quantitative estimate of drug-likeness (QED) is 0.250. The lowest BCUT2D eigenvalue weighted by Gasteiger charge is -2.12.